The topological polar surface area (TPSA) is 124 Å². The van der Waals surface area contributed by atoms with Crippen molar-refractivity contribution in [1.29, 1.82) is 0 Å². The van der Waals surface area contributed by atoms with Crippen LogP contribution in [0.4, 0.5) is 5.69 Å². The van der Waals surface area contributed by atoms with Crippen LogP contribution in [0.5, 0.6) is 0 Å². The highest BCUT2D eigenvalue weighted by atomic mass is 16.6. The quantitative estimate of drug-likeness (QED) is 0.244. The molecule has 172 valence electrons. The van der Waals surface area contributed by atoms with Gasteiger partial charge in [0.25, 0.3) is 11.2 Å². The fourth-order valence-corrected chi connectivity index (χ4v) is 3.84. The molecule has 0 spiro atoms. The van der Waals surface area contributed by atoms with Crippen molar-refractivity contribution in [2.75, 3.05) is 0 Å². The lowest BCUT2D eigenvalue weighted by molar-refractivity contribution is -0.384. The predicted molar refractivity (Wildman–Crippen MR) is 126 cm³/mol. The predicted octanol–water partition coefficient (Wildman–Crippen LogP) is 3.57. The first-order chi connectivity index (χ1) is 16.4. The molecule has 9 nitrogen and oxygen atoms in total. The minimum absolute atomic E-state index is 0.0173. The minimum Gasteiger partial charge on any atom is -0.356 e. The van der Waals surface area contributed by atoms with E-state index in [2.05, 4.69) is 4.98 Å². The summed E-state index contributed by atoms with van der Waals surface area (Å²) in [6.45, 7) is 1.50. The molecule has 0 atom stereocenters. The smallest absolute Gasteiger partial charge is 0.330 e. The number of rotatable bonds is 8. The summed E-state index contributed by atoms with van der Waals surface area (Å²) >= 11 is 0. The van der Waals surface area contributed by atoms with E-state index in [1.165, 1.54) is 12.1 Å². The maximum atomic E-state index is 13.7. The molecule has 0 aliphatic rings. The average molecular weight is 459 g/mol. The van der Waals surface area contributed by atoms with E-state index in [0.717, 1.165) is 9.95 Å². The van der Waals surface area contributed by atoms with Crippen molar-refractivity contribution in [2.24, 2.45) is 0 Å². The van der Waals surface area contributed by atoms with E-state index in [1.54, 1.807) is 31.2 Å². The van der Waals surface area contributed by atoms with E-state index in [0.29, 0.717) is 16.5 Å². The number of ketones is 1. The van der Waals surface area contributed by atoms with Gasteiger partial charge in [0, 0.05) is 23.3 Å². The molecule has 0 radical (unpaired) electrons. The van der Waals surface area contributed by atoms with Crippen LogP contribution in [-0.2, 0) is 24.5 Å². The molecule has 0 unspecified atom stereocenters. The number of H-pyrrole nitrogens is 1. The largest absolute Gasteiger partial charge is 0.356 e. The summed E-state index contributed by atoms with van der Waals surface area (Å²) in [5.74, 6) is -0.448. The molecule has 0 aliphatic heterocycles. The van der Waals surface area contributed by atoms with Crippen LogP contribution in [0, 0.1) is 10.1 Å². The number of hydrogen-bond acceptors (Lipinski definition) is 6. The molecule has 0 amide bonds. The van der Waals surface area contributed by atoms with Gasteiger partial charge in [-0.2, -0.15) is 0 Å². The van der Waals surface area contributed by atoms with Crippen LogP contribution in [0.2, 0.25) is 0 Å². The Morgan fingerprint density at radius 3 is 2.44 bits per heavy atom. The van der Waals surface area contributed by atoms with Gasteiger partial charge in [-0.25, -0.2) is 4.79 Å². The number of non-ortho nitro benzene ring substituents is 1. The number of carbonyl (C=O) groups is 1. The third-order valence-corrected chi connectivity index (χ3v) is 5.53. The number of nitro benzene ring substituents is 1. The SMILES string of the molecule is CCc1c(C(=O)c2cccc3ccccc23)n(COCc2ccc([N+](=O)[O-])cc2)c(=O)[nH]c1=O. The Bertz CT molecular complexity index is 1500. The first kappa shape index (κ1) is 22.8. The number of nitrogens with one attached hydrogen (secondary N) is 1. The first-order valence-electron chi connectivity index (χ1n) is 10.6. The van der Waals surface area contributed by atoms with Gasteiger partial charge in [0.05, 0.1) is 11.5 Å². The second-order valence-corrected chi connectivity index (χ2v) is 7.62. The fraction of sp³-hybridized carbons (Fsp3) is 0.160. The summed E-state index contributed by atoms with van der Waals surface area (Å²) in [6, 6.07) is 18.5. The Morgan fingerprint density at radius 2 is 1.74 bits per heavy atom. The van der Waals surface area contributed by atoms with Gasteiger partial charge < -0.3 is 4.74 Å². The van der Waals surface area contributed by atoms with Gasteiger partial charge in [-0.3, -0.25) is 29.3 Å². The van der Waals surface area contributed by atoms with Gasteiger partial charge in [0.2, 0.25) is 5.78 Å². The Labute approximate surface area is 193 Å². The molecule has 4 aromatic rings. The number of aromatic amines is 1. The van der Waals surface area contributed by atoms with Crippen molar-refractivity contribution in [3.8, 4) is 0 Å². The van der Waals surface area contributed by atoms with Crippen LogP contribution < -0.4 is 11.2 Å². The lowest BCUT2D eigenvalue weighted by Crippen LogP contribution is -2.37. The molecular formula is C25H21N3O6. The highest BCUT2D eigenvalue weighted by Gasteiger charge is 2.23. The van der Waals surface area contributed by atoms with Gasteiger partial charge in [-0.05, 0) is 34.9 Å². The zero-order valence-electron chi connectivity index (χ0n) is 18.3. The molecule has 1 N–H and O–H groups in total. The highest BCUT2D eigenvalue weighted by Crippen LogP contribution is 2.22. The van der Waals surface area contributed by atoms with Crippen LogP contribution in [0.15, 0.2) is 76.3 Å². The molecule has 0 saturated heterocycles. The van der Waals surface area contributed by atoms with Crippen molar-refractivity contribution in [1.82, 2.24) is 9.55 Å². The Kier molecular flexibility index (Phi) is 6.46. The van der Waals surface area contributed by atoms with E-state index in [4.69, 9.17) is 4.74 Å². The Hall–Kier alpha value is -4.37. The fourth-order valence-electron chi connectivity index (χ4n) is 3.84. The maximum absolute atomic E-state index is 13.7. The Morgan fingerprint density at radius 1 is 1.03 bits per heavy atom. The molecule has 0 fully saturated rings. The zero-order valence-corrected chi connectivity index (χ0v) is 18.3. The van der Waals surface area contributed by atoms with Crippen LogP contribution in [0.1, 0.15) is 34.1 Å². The van der Waals surface area contributed by atoms with Crippen LogP contribution >= 0.6 is 0 Å². The molecule has 34 heavy (non-hydrogen) atoms. The standard InChI is InChI=1S/C25H21N3O6/c1-2-19-22(23(29)21-9-5-7-17-6-3-4-8-20(17)21)27(25(31)26-24(19)30)15-34-14-16-10-12-18(13-11-16)28(32)33/h3-13H,2,14-15H2,1H3,(H,26,30,31). The molecule has 1 aromatic heterocycles. The highest BCUT2D eigenvalue weighted by molar-refractivity contribution is 6.16. The van der Waals surface area contributed by atoms with E-state index in [9.17, 15) is 24.5 Å². The molecule has 0 saturated carbocycles. The number of aromatic nitrogens is 2. The Balaban J connectivity index is 1.71. The van der Waals surface area contributed by atoms with Gasteiger partial charge >= 0.3 is 5.69 Å². The number of nitrogens with zero attached hydrogens (tertiary/aromatic N) is 2. The zero-order chi connectivity index (χ0) is 24.2. The van der Waals surface area contributed by atoms with Gasteiger partial charge in [-0.15, -0.1) is 0 Å². The number of ether oxygens (including phenoxy) is 1. The summed E-state index contributed by atoms with van der Waals surface area (Å²) in [6.07, 6.45) is 0.240. The monoisotopic (exact) mass is 459 g/mol. The number of carbonyl (C=O) groups excluding carboxylic acids is 1. The van der Waals surface area contributed by atoms with Crippen molar-refractivity contribution in [3.63, 3.8) is 0 Å². The molecule has 3 aromatic carbocycles. The third kappa shape index (κ3) is 4.41. The lowest BCUT2D eigenvalue weighted by atomic mass is 9.97. The van der Waals surface area contributed by atoms with Gasteiger partial charge in [-0.1, -0.05) is 49.4 Å². The third-order valence-electron chi connectivity index (χ3n) is 5.53. The second kappa shape index (κ2) is 9.63. The molecule has 0 aliphatic carbocycles. The van der Waals surface area contributed by atoms with Crippen LogP contribution in [-0.4, -0.2) is 20.3 Å². The van der Waals surface area contributed by atoms with Crippen LogP contribution in [0.25, 0.3) is 10.8 Å². The van der Waals surface area contributed by atoms with Crippen molar-refractivity contribution < 1.29 is 14.5 Å². The van der Waals surface area contributed by atoms with E-state index >= 15 is 0 Å². The average Bonchev–Trinajstić information content (AvgIpc) is 2.84. The van der Waals surface area contributed by atoms with Crippen molar-refractivity contribution in [3.05, 3.63) is 120 Å². The number of fused-ring (bicyclic) bond motifs is 1. The number of hydrogen-bond donors (Lipinski definition) is 1. The summed E-state index contributed by atoms with van der Waals surface area (Å²) in [7, 11) is 0. The van der Waals surface area contributed by atoms with Crippen molar-refractivity contribution >= 4 is 22.2 Å². The van der Waals surface area contributed by atoms with Crippen molar-refractivity contribution in [2.45, 2.75) is 26.7 Å². The number of benzene rings is 3. The van der Waals surface area contributed by atoms with Crippen LogP contribution in [0.3, 0.4) is 0 Å². The van der Waals surface area contributed by atoms with Gasteiger partial charge in [0.15, 0.2) is 0 Å². The van der Waals surface area contributed by atoms with E-state index < -0.39 is 22.0 Å². The molecular weight excluding hydrogens is 438 g/mol. The first-order valence-corrected chi connectivity index (χ1v) is 10.6. The molecule has 4 rings (SSSR count). The minimum atomic E-state index is -0.755. The molecule has 1 heterocycles. The normalized spacial score (nSPS) is 11.0. The second-order valence-electron chi connectivity index (χ2n) is 7.62. The van der Waals surface area contributed by atoms with E-state index in [1.807, 2.05) is 30.3 Å². The molecule has 9 heteroatoms. The summed E-state index contributed by atoms with van der Waals surface area (Å²) in [5.41, 5.74) is -0.205. The molecule has 0 bridgehead atoms. The van der Waals surface area contributed by atoms with E-state index in [-0.39, 0.29) is 36.7 Å². The van der Waals surface area contributed by atoms with Gasteiger partial charge in [0.1, 0.15) is 12.4 Å². The summed E-state index contributed by atoms with van der Waals surface area (Å²) < 4.78 is 6.78. The summed E-state index contributed by atoms with van der Waals surface area (Å²) in [4.78, 5) is 51.4. The maximum Gasteiger partial charge on any atom is 0.330 e. The summed E-state index contributed by atoms with van der Waals surface area (Å²) in [5, 5.41) is 12.4. The number of nitro groups is 1. The lowest BCUT2D eigenvalue weighted by Gasteiger charge is -2.16.